The summed E-state index contributed by atoms with van der Waals surface area (Å²) in [5.41, 5.74) is 8.62. The average molecular weight is 615 g/mol. The van der Waals surface area contributed by atoms with Crippen LogP contribution in [0.15, 0.2) is 84.9 Å². The first-order valence-corrected chi connectivity index (χ1v) is 14.7. The van der Waals surface area contributed by atoms with E-state index in [0.29, 0.717) is 23.3 Å². The van der Waals surface area contributed by atoms with Crippen molar-refractivity contribution in [1.82, 2.24) is 12.3 Å². The van der Waals surface area contributed by atoms with E-state index >= 15 is 0 Å². The fourth-order valence-electron chi connectivity index (χ4n) is 5.32. The molecule has 0 saturated heterocycles. The average Bonchev–Trinajstić information content (AvgIpc) is 2.95. The van der Waals surface area contributed by atoms with Crippen LogP contribution >= 0.6 is 0 Å². The highest BCUT2D eigenvalue weighted by Gasteiger charge is 2.15. The van der Waals surface area contributed by atoms with Gasteiger partial charge in [0.2, 0.25) is 0 Å². The summed E-state index contributed by atoms with van der Waals surface area (Å²) in [6.07, 6.45) is 2.27. The molecule has 240 valence electrons. The predicted molar refractivity (Wildman–Crippen MR) is 177 cm³/mol. The lowest BCUT2D eigenvalue weighted by molar-refractivity contribution is -0.308. The highest BCUT2D eigenvalue weighted by atomic mass is 16.5. The Hall–Kier alpha value is -4.66. The minimum absolute atomic E-state index is 0. The van der Waals surface area contributed by atoms with Crippen molar-refractivity contribution < 1.29 is 29.3 Å². The van der Waals surface area contributed by atoms with E-state index < -0.39 is 25.2 Å². The van der Waals surface area contributed by atoms with Crippen molar-refractivity contribution in [3.05, 3.63) is 107 Å². The zero-order valence-electron chi connectivity index (χ0n) is 27.2. The van der Waals surface area contributed by atoms with Gasteiger partial charge in [-0.2, -0.15) is 0 Å². The Labute approximate surface area is 266 Å². The molecule has 8 heteroatoms. The lowest BCUT2D eigenvalue weighted by Crippen LogP contribution is -2.29. The normalized spacial score (nSPS) is 10.6. The van der Waals surface area contributed by atoms with Gasteiger partial charge in [-0.1, -0.05) is 88.4 Å². The van der Waals surface area contributed by atoms with Gasteiger partial charge in [0, 0.05) is 0 Å². The van der Waals surface area contributed by atoms with Crippen molar-refractivity contribution in [2.75, 3.05) is 13.2 Å². The molecule has 0 amide bonds. The molecule has 45 heavy (non-hydrogen) atoms. The van der Waals surface area contributed by atoms with Crippen LogP contribution in [0.5, 0.6) is 11.5 Å². The summed E-state index contributed by atoms with van der Waals surface area (Å²) in [4.78, 5) is 22.0. The number of ether oxygens (including phenoxy) is 2. The van der Waals surface area contributed by atoms with Gasteiger partial charge in [0.25, 0.3) is 0 Å². The van der Waals surface area contributed by atoms with Gasteiger partial charge in [0.15, 0.2) is 0 Å². The highest BCUT2D eigenvalue weighted by Crippen LogP contribution is 2.36. The van der Waals surface area contributed by atoms with E-state index in [-0.39, 0.29) is 12.3 Å². The van der Waals surface area contributed by atoms with Crippen molar-refractivity contribution in [3.8, 4) is 33.8 Å². The second-order valence-corrected chi connectivity index (χ2v) is 11.7. The minimum atomic E-state index is -1.26. The quantitative estimate of drug-likeness (QED) is 0.176. The number of benzene rings is 4. The first-order chi connectivity index (χ1) is 20.6. The van der Waals surface area contributed by atoms with Crippen LogP contribution in [0.2, 0.25) is 0 Å². The number of carboxylic acid groups (broad SMARTS) is 2. The number of carbonyl (C=O) groups excluding carboxylic acids is 2. The van der Waals surface area contributed by atoms with Gasteiger partial charge in [-0.05, 0) is 99.9 Å². The second-order valence-electron chi connectivity index (χ2n) is 11.7. The van der Waals surface area contributed by atoms with E-state index in [1.807, 2.05) is 42.5 Å². The lowest BCUT2D eigenvalue weighted by atomic mass is 9.88. The monoisotopic (exact) mass is 614 g/mol. The maximum Gasteiger partial charge on any atom is 0.128 e. The van der Waals surface area contributed by atoms with Gasteiger partial charge in [-0.3, -0.25) is 0 Å². The number of hydrogen-bond acceptors (Lipinski definition) is 6. The molecule has 4 aromatic carbocycles. The van der Waals surface area contributed by atoms with Gasteiger partial charge in [-0.15, -0.1) is 0 Å². The summed E-state index contributed by atoms with van der Waals surface area (Å²) in [6.45, 7) is 7.55. The van der Waals surface area contributed by atoms with Crippen molar-refractivity contribution in [2.45, 2.75) is 47.0 Å². The molecular weight excluding hydrogens is 568 g/mol. The van der Waals surface area contributed by atoms with Crippen LogP contribution in [0.4, 0.5) is 0 Å². The zero-order valence-corrected chi connectivity index (χ0v) is 27.2. The third kappa shape index (κ3) is 10.5. The van der Waals surface area contributed by atoms with Crippen LogP contribution in [-0.2, 0) is 28.9 Å². The maximum absolute atomic E-state index is 11.1. The Morgan fingerprint density at radius 2 is 1.16 bits per heavy atom. The Bertz CT molecular complexity index is 1570. The lowest BCUT2D eigenvalue weighted by Gasteiger charge is -2.19. The van der Waals surface area contributed by atoms with Crippen LogP contribution in [0.3, 0.4) is 0 Å². The number of rotatable bonds is 14. The molecule has 0 saturated carbocycles. The third-order valence-electron chi connectivity index (χ3n) is 7.06. The van der Waals surface area contributed by atoms with E-state index in [2.05, 4.69) is 64.1 Å². The van der Waals surface area contributed by atoms with Gasteiger partial charge in [-0.25, -0.2) is 0 Å². The molecule has 0 heterocycles. The Balaban J connectivity index is 0.00000353. The van der Waals surface area contributed by atoms with E-state index in [4.69, 9.17) is 9.47 Å². The number of hydrogen-bond donors (Lipinski definition) is 2. The predicted octanol–water partition coefficient (Wildman–Crippen LogP) is 6.02. The summed E-state index contributed by atoms with van der Waals surface area (Å²) in [6, 6.07) is 28.4. The second kappa shape index (κ2) is 17.0. The van der Waals surface area contributed by atoms with Gasteiger partial charge in [0.05, 0.1) is 11.9 Å². The van der Waals surface area contributed by atoms with E-state index in [1.165, 1.54) is 5.56 Å². The topological polar surface area (TPSA) is 172 Å². The van der Waals surface area contributed by atoms with E-state index in [1.54, 1.807) is 6.07 Å². The Morgan fingerprint density at radius 3 is 1.78 bits per heavy atom. The zero-order chi connectivity index (χ0) is 30.9. The summed E-state index contributed by atoms with van der Waals surface area (Å²) < 4.78 is 11.0. The Kier molecular flexibility index (Phi) is 13.8. The molecule has 4 rings (SSSR count). The molecule has 8 N–H and O–H groups in total. The van der Waals surface area contributed by atoms with Crippen LogP contribution in [-0.4, -0.2) is 25.2 Å². The highest BCUT2D eigenvalue weighted by molar-refractivity contribution is 5.77. The molecule has 0 spiro atoms. The fraction of sp³-hybridized carbons (Fsp3) is 0.297. The molecule has 0 aliphatic rings. The van der Waals surface area contributed by atoms with Crippen molar-refractivity contribution in [2.24, 2.45) is 11.8 Å². The molecular formula is C37H46N2O6. The fourth-order valence-corrected chi connectivity index (χ4v) is 5.32. The molecule has 0 bridgehead atoms. The Morgan fingerprint density at radius 1 is 0.622 bits per heavy atom. The third-order valence-corrected chi connectivity index (χ3v) is 7.06. The van der Waals surface area contributed by atoms with Gasteiger partial charge < -0.3 is 41.6 Å². The number of quaternary nitrogens is 2. The van der Waals surface area contributed by atoms with Gasteiger partial charge in [0.1, 0.15) is 24.7 Å². The molecule has 0 aliphatic heterocycles. The summed E-state index contributed by atoms with van der Waals surface area (Å²) in [5.74, 6) is -0.716. The summed E-state index contributed by atoms with van der Waals surface area (Å²) in [5, 5.41) is 22.0. The molecule has 0 radical (unpaired) electrons. The molecule has 8 nitrogen and oxygen atoms in total. The largest absolute Gasteiger partial charge is 0.546 e. The number of carboxylic acids is 2. The molecule has 0 aliphatic carbocycles. The molecule has 0 fully saturated rings. The van der Waals surface area contributed by atoms with Crippen LogP contribution in [0, 0.1) is 11.8 Å². The standard InChI is InChI=1S/C37H40O6.2H3N/c1-24(2)16-29-21-32(42-22-36(38)39)12-14-34(29)27-10-13-33(30(19-27)18-26-8-6-5-7-9-26)28-11-15-35(43-23-37(40)41)31(20-28)17-25(3)4;;/h5-15,19-21,24-25H,16-18,22-23H2,1-4H3,(H,38,39)(H,40,41);2*1H3. The molecule has 4 aromatic rings. The van der Waals surface area contributed by atoms with Crippen LogP contribution in [0.25, 0.3) is 22.3 Å². The van der Waals surface area contributed by atoms with Crippen molar-refractivity contribution >= 4 is 11.9 Å². The van der Waals surface area contributed by atoms with E-state index in [0.717, 1.165) is 58.2 Å². The smallest absolute Gasteiger partial charge is 0.128 e. The first kappa shape index (κ1) is 36.5. The van der Waals surface area contributed by atoms with Crippen LogP contribution < -0.4 is 32.0 Å². The summed E-state index contributed by atoms with van der Waals surface area (Å²) in [7, 11) is 0. The van der Waals surface area contributed by atoms with Gasteiger partial charge >= 0.3 is 0 Å². The molecule has 0 atom stereocenters. The van der Waals surface area contributed by atoms with E-state index in [9.17, 15) is 19.8 Å². The molecule has 0 aromatic heterocycles. The number of carbonyl (C=O) groups is 2. The molecule has 0 unspecified atom stereocenters. The minimum Gasteiger partial charge on any atom is -0.546 e. The van der Waals surface area contributed by atoms with Crippen molar-refractivity contribution in [3.63, 3.8) is 0 Å². The van der Waals surface area contributed by atoms with Crippen molar-refractivity contribution in [1.29, 1.82) is 0 Å². The summed E-state index contributed by atoms with van der Waals surface area (Å²) >= 11 is 0. The first-order valence-electron chi connectivity index (χ1n) is 14.7. The SMILES string of the molecule is CC(C)Cc1cc(-c2ccc(-c3ccc(OCC(=O)[O-])cc3CC(C)C)cc2Cc2ccccc2)ccc1OCC(=O)[O-].[NH4+].[NH4+]. The number of aliphatic carboxylic acids is 2. The van der Waals surface area contributed by atoms with Crippen LogP contribution in [0.1, 0.15) is 49.9 Å². The maximum atomic E-state index is 11.1.